The molecule has 3 aromatic rings. The van der Waals surface area contributed by atoms with E-state index in [0.717, 1.165) is 25.8 Å². The maximum Gasteiger partial charge on any atom is 0.160 e. The predicted octanol–water partition coefficient (Wildman–Crippen LogP) is 5.96. The van der Waals surface area contributed by atoms with Crippen LogP contribution >= 0.6 is 12.4 Å². The number of ether oxygens (including phenoxy) is 1. The van der Waals surface area contributed by atoms with Gasteiger partial charge in [0.1, 0.15) is 0 Å². The summed E-state index contributed by atoms with van der Waals surface area (Å²) in [5.74, 6) is 1.13. The van der Waals surface area contributed by atoms with Gasteiger partial charge in [0.05, 0.1) is 7.11 Å². The van der Waals surface area contributed by atoms with Gasteiger partial charge in [-0.1, -0.05) is 66.7 Å². The first-order valence-corrected chi connectivity index (χ1v) is 10.4. The van der Waals surface area contributed by atoms with Gasteiger partial charge in [-0.3, -0.25) is 0 Å². The summed E-state index contributed by atoms with van der Waals surface area (Å²) in [5.41, 5.74) is 3.91. The van der Waals surface area contributed by atoms with Crippen molar-refractivity contribution in [3.05, 3.63) is 95.6 Å². The van der Waals surface area contributed by atoms with E-state index in [-0.39, 0.29) is 18.2 Å². The molecular formula is C26H32ClNO2. The van der Waals surface area contributed by atoms with Gasteiger partial charge in [-0.15, -0.1) is 12.4 Å². The van der Waals surface area contributed by atoms with Crippen LogP contribution < -0.4 is 10.1 Å². The second-order valence-corrected chi connectivity index (χ2v) is 7.56. The van der Waals surface area contributed by atoms with Crippen LogP contribution in [-0.2, 0) is 6.42 Å². The van der Waals surface area contributed by atoms with Crippen LogP contribution in [0.15, 0.2) is 78.9 Å². The van der Waals surface area contributed by atoms with Gasteiger partial charge < -0.3 is 15.2 Å². The van der Waals surface area contributed by atoms with Crippen molar-refractivity contribution in [1.29, 1.82) is 0 Å². The first-order valence-electron chi connectivity index (χ1n) is 10.4. The second-order valence-electron chi connectivity index (χ2n) is 7.56. The monoisotopic (exact) mass is 425 g/mol. The summed E-state index contributed by atoms with van der Waals surface area (Å²) >= 11 is 0. The molecule has 4 heteroatoms. The van der Waals surface area contributed by atoms with Crippen molar-refractivity contribution in [1.82, 2.24) is 5.32 Å². The molecule has 0 saturated carbocycles. The van der Waals surface area contributed by atoms with Crippen LogP contribution in [-0.4, -0.2) is 24.8 Å². The topological polar surface area (TPSA) is 41.5 Å². The van der Waals surface area contributed by atoms with E-state index >= 15 is 0 Å². The summed E-state index contributed by atoms with van der Waals surface area (Å²) < 4.78 is 5.20. The van der Waals surface area contributed by atoms with E-state index in [9.17, 15) is 5.11 Å². The maximum absolute atomic E-state index is 9.73. The Bertz CT molecular complexity index is 831. The van der Waals surface area contributed by atoms with Crippen LogP contribution in [0.3, 0.4) is 0 Å². The number of methoxy groups -OCH3 is 1. The van der Waals surface area contributed by atoms with Crippen molar-refractivity contribution >= 4 is 12.4 Å². The summed E-state index contributed by atoms with van der Waals surface area (Å²) in [7, 11) is 1.58. The molecule has 0 aliphatic carbocycles. The van der Waals surface area contributed by atoms with Crippen molar-refractivity contribution in [3.63, 3.8) is 0 Å². The minimum absolute atomic E-state index is 0. The zero-order valence-corrected chi connectivity index (χ0v) is 18.6. The standard InChI is InChI=1S/C26H31NO2.ClH/c1-20(13-14-21-15-16-25(28)26(19-21)29-2)27-18-17-24(22-9-5-3-6-10-22)23-11-7-4-8-12-23;/h3-12,15-16,19-20,24,27-28H,13-14,17-18H2,1-2H3;1H. The molecule has 0 amide bonds. The number of phenols is 1. The van der Waals surface area contributed by atoms with E-state index in [1.165, 1.54) is 16.7 Å². The third-order valence-corrected chi connectivity index (χ3v) is 5.44. The molecule has 0 radical (unpaired) electrons. The smallest absolute Gasteiger partial charge is 0.160 e. The number of nitrogens with one attached hydrogen (secondary N) is 1. The summed E-state index contributed by atoms with van der Waals surface area (Å²) in [4.78, 5) is 0. The first kappa shape index (κ1) is 23.8. The molecule has 2 N–H and O–H groups in total. The minimum Gasteiger partial charge on any atom is -0.504 e. The lowest BCUT2D eigenvalue weighted by Crippen LogP contribution is -2.28. The Morgan fingerprint density at radius 3 is 2.03 bits per heavy atom. The molecule has 160 valence electrons. The summed E-state index contributed by atoms with van der Waals surface area (Å²) in [6.07, 6.45) is 3.05. The van der Waals surface area contributed by atoms with Gasteiger partial charge in [0.2, 0.25) is 0 Å². The molecule has 0 aliphatic rings. The third kappa shape index (κ3) is 6.79. The zero-order valence-electron chi connectivity index (χ0n) is 17.8. The van der Waals surface area contributed by atoms with Crippen LogP contribution in [0, 0.1) is 0 Å². The molecule has 3 rings (SSSR count). The number of benzene rings is 3. The highest BCUT2D eigenvalue weighted by molar-refractivity contribution is 5.85. The number of hydrogen-bond acceptors (Lipinski definition) is 3. The van der Waals surface area contributed by atoms with E-state index in [0.29, 0.717) is 17.7 Å². The highest BCUT2D eigenvalue weighted by atomic mass is 35.5. The van der Waals surface area contributed by atoms with Crippen molar-refractivity contribution in [2.75, 3.05) is 13.7 Å². The van der Waals surface area contributed by atoms with Crippen molar-refractivity contribution in [2.24, 2.45) is 0 Å². The molecule has 0 spiro atoms. The quantitative estimate of drug-likeness (QED) is 0.421. The predicted molar refractivity (Wildman–Crippen MR) is 127 cm³/mol. The molecule has 30 heavy (non-hydrogen) atoms. The lowest BCUT2D eigenvalue weighted by atomic mass is 9.88. The molecule has 1 unspecified atom stereocenters. The van der Waals surface area contributed by atoms with E-state index in [1.54, 1.807) is 13.2 Å². The van der Waals surface area contributed by atoms with Crippen LogP contribution in [0.2, 0.25) is 0 Å². The lowest BCUT2D eigenvalue weighted by Gasteiger charge is -2.20. The molecular weight excluding hydrogens is 394 g/mol. The van der Waals surface area contributed by atoms with Gasteiger partial charge in [-0.25, -0.2) is 0 Å². The number of rotatable bonds is 10. The van der Waals surface area contributed by atoms with Crippen molar-refractivity contribution < 1.29 is 9.84 Å². The van der Waals surface area contributed by atoms with Crippen LogP contribution in [0.5, 0.6) is 11.5 Å². The zero-order chi connectivity index (χ0) is 20.5. The van der Waals surface area contributed by atoms with Gasteiger partial charge in [0.25, 0.3) is 0 Å². The van der Waals surface area contributed by atoms with E-state index < -0.39 is 0 Å². The fourth-order valence-electron chi connectivity index (χ4n) is 3.73. The Hall–Kier alpha value is -2.49. The largest absolute Gasteiger partial charge is 0.504 e. The van der Waals surface area contributed by atoms with Crippen LogP contribution in [0.4, 0.5) is 0 Å². The van der Waals surface area contributed by atoms with Crippen LogP contribution in [0.25, 0.3) is 0 Å². The van der Waals surface area contributed by atoms with Crippen molar-refractivity contribution in [2.45, 2.75) is 38.1 Å². The molecule has 0 aliphatic heterocycles. The summed E-state index contributed by atoms with van der Waals surface area (Å²) in [6.45, 7) is 3.20. The molecule has 3 nitrogen and oxygen atoms in total. The Labute approximate surface area is 186 Å². The average Bonchev–Trinajstić information content (AvgIpc) is 2.77. The number of hydrogen-bond donors (Lipinski definition) is 2. The lowest BCUT2D eigenvalue weighted by molar-refractivity contribution is 0.372. The van der Waals surface area contributed by atoms with E-state index in [1.807, 2.05) is 12.1 Å². The number of aryl methyl sites for hydroxylation is 1. The highest BCUT2D eigenvalue weighted by Crippen LogP contribution is 2.28. The fourth-order valence-corrected chi connectivity index (χ4v) is 3.73. The van der Waals surface area contributed by atoms with Gasteiger partial charge in [-0.05, 0) is 61.6 Å². The summed E-state index contributed by atoms with van der Waals surface area (Å²) in [6, 6.07) is 27.5. The number of phenolic OH excluding ortho intramolecular Hbond substituents is 1. The molecule has 0 saturated heterocycles. The number of halogens is 1. The second kappa shape index (κ2) is 12.3. The maximum atomic E-state index is 9.73. The molecule has 0 heterocycles. The van der Waals surface area contributed by atoms with E-state index in [2.05, 4.69) is 72.9 Å². The van der Waals surface area contributed by atoms with Gasteiger partial charge >= 0.3 is 0 Å². The Morgan fingerprint density at radius 1 is 0.867 bits per heavy atom. The molecule has 0 bridgehead atoms. The Kier molecular flexibility index (Phi) is 9.72. The molecule has 1 atom stereocenters. The van der Waals surface area contributed by atoms with Gasteiger partial charge in [-0.2, -0.15) is 0 Å². The molecule has 0 fully saturated rings. The molecule has 0 aromatic heterocycles. The normalized spacial score (nSPS) is 11.7. The van der Waals surface area contributed by atoms with Crippen molar-refractivity contribution in [3.8, 4) is 11.5 Å². The van der Waals surface area contributed by atoms with Gasteiger partial charge in [0.15, 0.2) is 11.5 Å². The average molecular weight is 426 g/mol. The number of aromatic hydroxyl groups is 1. The Balaban J connectivity index is 0.00000320. The first-order chi connectivity index (χ1) is 14.2. The third-order valence-electron chi connectivity index (χ3n) is 5.44. The van der Waals surface area contributed by atoms with E-state index in [4.69, 9.17) is 4.74 Å². The SMILES string of the molecule is COc1cc(CCC(C)NCCC(c2ccccc2)c2ccccc2)ccc1O.Cl. The van der Waals surface area contributed by atoms with Gasteiger partial charge in [0, 0.05) is 12.0 Å². The minimum atomic E-state index is 0. The molecule has 3 aromatic carbocycles. The highest BCUT2D eigenvalue weighted by Gasteiger charge is 2.14. The van der Waals surface area contributed by atoms with Crippen LogP contribution in [0.1, 0.15) is 42.4 Å². The summed E-state index contributed by atoms with van der Waals surface area (Å²) in [5, 5.41) is 13.4. The Morgan fingerprint density at radius 2 is 1.47 bits per heavy atom. The fraction of sp³-hybridized carbons (Fsp3) is 0.308.